The fourth-order valence-corrected chi connectivity index (χ4v) is 5.01. The minimum Gasteiger partial charge on any atom is -0.462 e. The number of carbonyl (C=O) groups excluding carboxylic acids is 1. The van der Waals surface area contributed by atoms with E-state index in [1.807, 2.05) is 4.98 Å². The topological polar surface area (TPSA) is 158 Å². The molecule has 2 aromatic rings. The molecule has 0 bridgehead atoms. The summed E-state index contributed by atoms with van der Waals surface area (Å²) in [6.45, 7) is 3.16. The predicted molar refractivity (Wildman–Crippen MR) is 125 cm³/mol. The van der Waals surface area contributed by atoms with Crippen molar-refractivity contribution in [3.05, 3.63) is 63.4 Å². The maximum atomic E-state index is 13.8. The molecule has 1 aromatic carbocycles. The van der Waals surface area contributed by atoms with Crippen LogP contribution in [0.2, 0.25) is 0 Å². The number of nitrogens with one attached hydrogen (secondary N) is 2. The maximum Gasteiger partial charge on any atom is 0.459 e. The molecule has 0 unspecified atom stereocenters. The standard InChI is InChI=1S/C22H29FN3O9P/c1-13(2)33-21(29)14(3)25-36(31,35-15-7-5-4-6-8-15)32-12-17-16(11-23)19(28)20(34-17)26-10-9-18(27)24-22(26)30/h4-10,13-14,16-17,19-20,28H,11-12H2,1-3H3,(H,25,31)(H,24,27,30)/t14-,16-,17-,19-,20-,36-/m1/s1. The van der Waals surface area contributed by atoms with E-state index in [1.54, 1.807) is 32.0 Å². The number of aromatic amines is 1. The van der Waals surface area contributed by atoms with Crippen LogP contribution >= 0.6 is 7.75 Å². The fraction of sp³-hybridized carbons (Fsp3) is 0.500. The third-order valence-electron chi connectivity index (χ3n) is 5.26. The summed E-state index contributed by atoms with van der Waals surface area (Å²) < 4.78 is 50.2. The number of aliphatic hydroxyl groups excluding tert-OH is 1. The number of ether oxygens (including phenoxy) is 2. The number of benzene rings is 1. The van der Waals surface area contributed by atoms with Crippen molar-refractivity contribution in [2.45, 2.75) is 51.4 Å². The van der Waals surface area contributed by atoms with Gasteiger partial charge in [0.05, 0.1) is 25.5 Å². The first kappa shape index (κ1) is 27.8. The first-order chi connectivity index (χ1) is 17.0. The Kier molecular flexibility index (Phi) is 9.20. The number of aliphatic hydroxyl groups is 1. The Morgan fingerprint density at radius 2 is 1.94 bits per heavy atom. The number of esters is 1. The van der Waals surface area contributed by atoms with E-state index in [4.69, 9.17) is 18.5 Å². The lowest BCUT2D eigenvalue weighted by molar-refractivity contribution is -0.149. The van der Waals surface area contributed by atoms with Crippen LogP contribution in [0.15, 0.2) is 52.2 Å². The normalized spacial score (nSPS) is 24.3. The molecule has 1 aliphatic heterocycles. The molecule has 1 fully saturated rings. The van der Waals surface area contributed by atoms with Gasteiger partial charge >= 0.3 is 19.4 Å². The largest absolute Gasteiger partial charge is 0.462 e. The lowest BCUT2D eigenvalue weighted by Crippen LogP contribution is -2.37. The average molecular weight is 529 g/mol. The summed E-state index contributed by atoms with van der Waals surface area (Å²) in [7, 11) is -4.26. The molecular formula is C22H29FN3O9P. The highest BCUT2D eigenvalue weighted by Crippen LogP contribution is 2.46. The van der Waals surface area contributed by atoms with Gasteiger partial charge in [0.15, 0.2) is 6.23 Å². The zero-order chi connectivity index (χ0) is 26.5. The average Bonchev–Trinajstić information content (AvgIpc) is 3.13. The number of carbonyl (C=O) groups is 1. The summed E-state index contributed by atoms with van der Waals surface area (Å²) in [6, 6.07) is 7.99. The number of rotatable bonds is 11. The lowest BCUT2D eigenvalue weighted by atomic mass is 10.00. The molecule has 12 nitrogen and oxygen atoms in total. The van der Waals surface area contributed by atoms with Crippen LogP contribution in [0.3, 0.4) is 0 Å². The quantitative estimate of drug-likeness (QED) is 0.288. The predicted octanol–water partition coefficient (Wildman–Crippen LogP) is 1.51. The summed E-state index contributed by atoms with van der Waals surface area (Å²) in [5, 5.41) is 13.1. The molecule has 198 valence electrons. The molecule has 14 heteroatoms. The van der Waals surface area contributed by atoms with Crippen LogP contribution in [0.1, 0.15) is 27.0 Å². The minimum absolute atomic E-state index is 0.171. The zero-order valence-electron chi connectivity index (χ0n) is 19.9. The molecule has 36 heavy (non-hydrogen) atoms. The second-order valence-electron chi connectivity index (χ2n) is 8.43. The fourth-order valence-electron chi connectivity index (χ4n) is 3.51. The van der Waals surface area contributed by atoms with Crippen LogP contribution in [0, 0.1) is 5.92 Å². The highest BCUT2D eigenvalue weighted by Gasteiger charge is 2.46. The molecule has 2 heterocycles. The van der Waals surface area contributed by atoms with Gasteiger partial charge in [-0.3, -0.25) is 28.1 Å². The number of nitrogens with zero attached hydrogens (tertiary/aromatic N) is 1. The van der Waals surface area contributed by atoms with Crippen LogP contribution in [0.25, 0.3) is 0 Å². The molecule has 0 saturated carbocycles. The summed E-state index contributed by atoms with van der Waals surface area (Å²) in [5.74, 6) is -1.68. The van der Waals surface area contributed by atoms with Gasteiger partial charge in [-0.15, -0.1) is 0 Å². The molecule has 1 aromatic heterocycles. The van der Waals surface area contributed by atoms with E-state index in [1.165, 1.54) is 19.1 Å². The second-order valence-corrected chi connectivity index (χ2v) is 10.1. The SMILES string of the molecule is CC(C)OC(=O)[C@@H](C)N[P@@](=O)(OC[C@H]1O[C@@H](n2ccc(=O)[nH]c2=O)[C@H](O)[C@@H]1CF)Oc1ccccc1. The Hall–Kier alpha value is -2.83. The monoisotopic (exact) mass is 529 g/mol. The Morgan fingerprint density at radius 3 is 2.56 bits per heavy atom. The molecule has 6 atom stereocenters. The van der Waals surface area contributed by atoms with E-state index < -0.39 is 74.7 Å². The van der Waals surface area contributed by atoms with Gasteiger partial charge in [0.2, 0.25) is 0 Å². The summed E-state index contributed by atoms with van der Waals surface area (Å²) in [4.78, 5) is 37.8. The van der Waals surface area contributed by atoms with E-state index in [0.717, 1.165) is 16.8 Å². The molecular weight excluding hydrogens is 500 g/mol. The van der Waals surface area contributed by atoms with Crippen molar-refractivity contribution in [3.63, 3.8) is 0 Å². The van der Waals surface area contributed by atoms with Crippen LogP contribution in [0.4, 0.5) is 4.39 Å². The third kappa shape index (κ3) is 6.89. The number of H-pyrrole nitrogens is 1. The molecule has 1 saturated heterocycles. The van der Waals surface area contributed by atoms with Crippen molar-refractivity contribution in [1.29, 1.82) is 0 Å². The highest BCUT2D eigenvalue weighted by molar-refractivity contribution is 7.52. The molecule has 0 radical (unpaired) electrons. The lowest BCUT2D eigenvalue weighted by Gasteiger charge is -2.25. The Balaban J connectivity index is 1.79. The van der Waals surface area contributed by atoms with Crippen LogP contribution in [0.5, 0.6) is 5.75 Å². The third-order valence-corrected chi connectivity index (χ3v) is 6.90. The number of hydrogen-bond acceptors (Lipinski definition) is 9. The van der Waals surface area contributed by atoms with E-state index >= 15 is 0 Å². The van der Waals surface area contributed by atoms with Crippen molar-refractivity contribution in [3.8, 4) is 5.75 Å². The van der Waals surface area contributed by atoms with Crippen molar-refractivity contribution >= 4 is 13.7 Å². The van der Waals surface area contributed by atoms with Crippen molar-refractivity contribution < 1.29 is 37.4 Å². The van der Waals surface area contributed by atoms with Gasteiger partial charge in [-0.05, 0) is 32.9 Å². The van der Waals surface area contributed by atoms with Gasteiger partial charge in [0, 0.05) is 18.2 Å². The van der Waals surface area contributed by atoms with Gasteiger partial charge < -0.3 is 19.1 Å². The van der Waals surface area contributed by atoms with Crippen molar-refractivity contribution in [2.75, 3.05) is 13.3 Å². The second kappa shape index (κ2) is 11.9. The molecule has 0 amide bonds. The highest BCUT2D eigenvalue weighted by atomic mass is 31.2. The number of alkyl halides is 1. The van der Waals surface area contributed by atoms with E-state index in [0.29, 0.717) is 0 Å². The smallest absolute Gasteiger partial charge is 0.459 e. The Bertz CT molecular complexity index is 1190. The summed E-state index contributed by atoms with van der Waals surface area (Å²) in [6.07, 6.45) is -3.26. The molecule has 1 aliphatic rings. The summed E-state index contributed by atoms with van der Waals surface area (Å²) in [5.41, 5.74) is -1.51. The van der Waals surface area contributed by atoms with E-state index in [2.05, 4.69) is 5.09 Å². The van der Waals surface area contributed by atoms with Gasteiger partial charge in [0.25, 0.3) is 5.56 Å². The molecule has 3 N–H and O–H groups in total. The van der Waals surface area contributed by atoms with Gasteiger partial charge in [-0.2, -0.15) is 5.09 Å². The van der Waals surface area contributed by atoms with Crippen LogP contribution in [-0.4, -0.2) is 58.3 Å². The molecule has 0 spiro atoms. The number of halogens is 1. The number of para-hydroxylation sites is 1. The number of hydrogen-bond donors (Lipinski definition) is 3. The number of aromatic nitrogens is 2. The van der Waals surface area contributed by atoms with Gasteiger partial charge in [0.1, 0.15) is 17.9 Å². The first-order valence-electron chi connectivity index (χ1n) is 11.2. The van der Waals surface area contributed by atoms with Crippen LogP contribution in [-0.2, 0) is 23.4 Å². The van der Waals surface area contributed by atoms with Crippen LogP contribution < -0.4 is 20.9 Å². The van der Waals surface area contributed by atoms with E-state index in [9.17, 15) is 28.4 Å². The maximum absolute atomic E-state index is 13.8. The Labute approximate surface area is 205 Å². The van der Waals surface area contributed by atoms with E-state index in [-0.39, 0.29) is 5.75 Å². The molecule has 3 rings (SSSR count). The Morgan fingerprint density at radius 1 is 1.25 bits per heavy atom. The minimum atomic E-state index is -4.26. The van der Waals surface area contributed by atoms with Crippen molar-refractivity contribution in [1.82, 2.24) is 14.6 Å². The summed E-state index contributed by atoms with van der Waals surface area (Å²) >= 11 is 0. The molecule has 0 aliphatic carbocycles. The first-order valence-corrected chi connectivity index (χ1v) is 12.8. The van der Waals surface area contributed by atoms with Crippen molar-refractivity contribution in [2.24, 2.45) is 5.92 Å². The zero-order valence-corrected chi connectivity index (χ0v) is 20.8. The van der Waals surface area contributed by atoms with Gasteiger partial charge in [-0.1, -0.05) is 18.2 Å². The van der Waals surface area contributed by atoms with Gasteiger partial charge in [-0.25, -0.2) is 9.36 Å².